The van der Waals surface area contributed by atoms with Crippen LogP contribution >= 0.6 is 15.9 Å². The fourth-order valence-electron chi connectivity index (χ4n) is 3.96. The summed E-state index contributed by atoms with van der Waals surface area (Å²) in [6.45, 7) is 7.82. The minimum atomic E-state index is -0.809. The van der Waals surface area contributed by atoms with E-state index >= 15 is 0 Å². The molecule has 6 nitrogen and oxygen atoms in total. The van der Waals surface area contributed by atoms with Crippen LogP contribution in [0.1, 0.15) is 53.9 Å². The molecular weight excluding hydrogens is 522 g/mol. The first-order valence-corrected chi connectivity index (χ1v) is 12.5. The van der Waals surface area contributed by atoms with E-state index in [2.05, 4.69) is 35.1 Å². The quantitative estimate of drug-likeness (QED) is 0.234. The summed E-state index contributed by atoms with van der Waals surface area (Å²) in [7, 11) is 1.55. The van der Waals surface area contributed by atoms with E-state index in [1.54, 1.807) is 44.4 Å². The second-order valence-electron chi connectivity index (χ2n) is 8.93. The van der Waals surface area contributed by atoms with E-state index in [1.807, 2.05) is 37.3 Å². The lowest BCUT2D eigenvalue weighted by Gasteiger charge is -2.19. The minimum absolute atomic E-state index is 0.0484. The fourth-order valence-corrected chi connectivity index (χ4v) is 4.50. The highest BCUT2D eigenvalue weighted by Gasteiger charge is 2.26. The number of rotatable bonds is 8. The van der Waals surface area contributed by atoms with Gasteiger partial charge < -0.3 is 19.2 Å². The Balaban J connectivity index is 1.66. The van der Waals surface area contributed by atoms with Crippen LogP contribution in [0.3, 0.4) is 0 Å². The molecule has 0 aliphatic rings. The molecule has 0 aliphatic carbocycles. The van der Waals surface area contributed by atoms with Gasteiger partial charge in [-0.15, -0.1) is 0 Å². The number of hydrogen-bond donors (Lipinski definition) is 1. The number of hydrogen-bond acceptors (Lipinski definition) is 5. The molecule has 0 aliphatic heterocycles. The summed E-state index contributed by atoms with van der Waals surface area (Å²) in [5, 5.41) is 3.52. The topological polar surface area (TPSA) is 77.8 Å². The standard InChI is InChI=1S/C29H28BrNO5/c1-16(2)20-12-10-17(3)14-25(20)35-18(4)29(33)31-26-21-8-6-7-9-23(21)36-28(26)27(32)19-11-13-24(34-5)22(30)15-19/h6-16,18H,1-5H3,(H,31,33). The van der Waals surface area contributed by atoms with Crippen molar-refractivity contribution in [1.29, 1.82) is 0 Å². The number of fused-ring (bicyclic) bond motifs is 1. The predicted molar refractivity (Wildman–Crippen MR) is 144 cm³/mol. The maximum absolute atomic E-state index is 13.5. The van der Waals surface area contributed by atoms with Crippen molar-refractivity contribution in [2.75, 3.05) is 12.4 Å². The molecule has 4 aromatic rings. The zero-order valence-electron chi connectivity index (χ0n) is 20.8. The molecule has 1 heterocycles. The molecule has 0 fully saturated rings. The van der Waals surface area contributed by atoms with Crippen LogP contribution in [0, 0.1) is 6.92 Å². The van der Waals surface area contributed by atoms with Crippen LogP contribution in [0.5, 0.6) is 11.5 Å². The molecule has 1 amide bonds. The third-order valence-electron chi connectivity index (χ3n) is 5.93. The van der Waals surface area contributed by atoms with Crippen molar-refractivity contribution in [3.05, 3.63) is 87.6 Å². The first kappa shape index (κ1) is 25.5. The summed E-state index contributed by atoms with van der Waals surface area (Å²) in [6, 6.07) is 18.2. The van der Waals surface area contributed by atoms with E-state index in [9.17, 15) is 9.59 Å². The number of amides is 1. The minimum Gasteiger partial charge on any atom is -0.496 e. The number of aryl methyl sites for hydroxylation is 1. The SMILES string of the molecule is COc1ccc(C(=O)c2oc3ccccc3c2NC(=O)C(C)Oc2cc(C)ccc2C(C)C)cc1Br. The predicted octanol–water partition coefficient (Wildman–Crippen LogP) is 7.27. The molecule has 4 rings (SSSR count). The van der Waals surface area contributed by atoms with E-state index in [1.165, 1.54) is 0 Å². The first-order chi connectivity index (χ1) is 17.2. The molecule has 186 valence electrons. The lowest BCUT2D eigenvalue weighted by atomic mass is 10.0. The van der Waals surface area contributed by atoms with Gasteiger partial charge in [0, 0.05) is 10.9 Å². The van der Waals surface area contributed by atoms with Crippen molar-refractivity contribution in [3.8, 4) is 11.5 Å². The molecule has 1 atom stereocenters. The third-order valence-corrected chi connectivity index (χ3v) is 6.55. The highest BCUT2D eigenvalue weighted by Crippen LogP contribution is 2.35. The van der Waals surface area contributed by atoms with Crippen LogP contribution in [0.15, 0.2) is 69.6 Å². The molecule has 1 unspecified atom stereocenters. The van der Waals surface area contributed by atoms with Crippen LogP contribution in [-0.4, -0.2) is 24.9 Å². The Morgan fingerprint density at radius 1 is 0.972 bits per heavy atom. The number of benzene rings is 3. The first-order valence-electron chi connectivity index (χ1n) is 11.7. The van der Waals surface area contributed by atoms with E-state index < -0.39 is 6.10 Å². The molecular formula is C29H28BrNO5. The zero-order valence-corrected chi connectivity index (χ0v) is 22.4. The Kier molecular flexibility index (Phi) is 7.50. The molecule has 36 heavy (non-hydrogen) atoms. The second-order valence-corrected chi connectivity index (χ2v) is 9.78. The molecule has 0 saturated heterocycles. The number of halogens is 1. The number of carbonyl (C=O) groups excluding carboxylic acids is 2. The van der Waals surface area contributed by atoms with E-state index in [0.717, 1.165) is 11.1 Å². The van der Waals surface area contributed by atoms with Gasteiger partial charge in [-0.3, -0.25) is 9.59 Å². The van der Waals surface area contributed by atoms with Gasteiger partial charge in [0.1, 0.15) is 17.1 Å². The number of para-hydroxylation sites is 1. The third kappa shape index (κ3) is 5.16. The molecule has 3 aromatic carbocycles. The number of furan rings is 1. The number of ether oxygens (including phenoxy) is 2. The highest BCUT2D eigenvalue weighted by atomic mass is 79.9. The molecule has 7 heteroatoms. The average molecular weight is 550 g/mol. The van der Waals surface area contributed by atoms with Crippen LogP contribution < -0.4 is 14.8 Å². The molecule has 1 N–H and O–H groups in total. The zero-order chi connectivity index (χ0) is 26.0. The summed E-state index contributed by atoms with van der Waals surface area (Å²) in [5.41, 5.74) is 3.27. The monoisotopic (exact) mass is 549 g/mol. The van der Waals surface area contributed by atoms with E-state index in [0.29, 0.717) is 38.2 Å². The Labute approximate surface area is 218 Å². The van der Waals surface area contributed by atoms with E-state index in [-0.39, 0.29) is 23.4 Å². The van der Waals surface area contributed by atoms with Crippen molar-refractivity contribution >= 4 is 44.3 Å². The maximum atomic E-state index is 13.5. The van der Waals surface area contributed by atoms with Crippen molar-refractivity contribution in [2.45, 2.75) is 39.7 Å². The number of methoxy groups -OCH3 is 1. The van der Waals surface area contributed by atoms with Crippen molar-refractivity contribution < 1.29 is 23.5 Å². The van der Waals surface area contributed by atoms with Gasteiger partial charge in [-0.1, -0.05) is 38.1 Å². The summed E-state index contributed by atoms with van der Waals surface area (Å²) in [6.07, 6.45) is -0.809. The van der Waals surface area contributed by atoms with Crippen LogP contribution in [-0.2, 0) is 4.79 Å². The lowest BCUT2D eigenvalue weighted by molar-refractivity contribution is -0.122. The number of carbonyl (C=O) groups is 2. The largest absolute Gasteiger partial charge is 0.496 e. The Hall–Kier alpha value is -3.58. The molecule has 0 saturated carbocycles. The second kappa shape index (κ2) is 10.6. The Bertz CT molecular complexity index is 1440. The van der Waals surface area contributed by atoms with Gasteiger partial charge in [-0.2, -0.15) is 0 Å². The molecule has 0 bridgehead atoms. The van der Waals surface area contributed by atoms with Gasteiger partial charge in [0.05, 0.1) is 17.3 Å². The lowest BCUT2D eigenvalue weighted by Crippen LogP contribution is -2.31. The van der Waals surface area contributed by atoms with Gasteiger partial charge in [0.25, 0.3) is 5.91 Å². The van der Waals surface area contributed by atoms with E-state index in [4.69, 9.17) is 13.9 Å². The van der Waals surface area contributed by atoms with Gasteiger partial charge in [-0.05, 0) is 83.2 Å². The maximum Gasteiger partial charge on any atom is 0.265 e. The molecule has 1 aromatic heterocycles. The van der Waals surface area contributed by atoms with Crippen molar-refractivity contribution in [1.82, 2.24) is 0 Å². The number of anilines is 1. The van der Waals surface area contributed by atoms with Gasteiger partial charge in [-0.25, -0.2) is 0 Å². The van der Waals surface area contributed by atoms with Crippen LogP contribution in [0.2, 0.25) is 0 Å². The Morgan fingerprint density at radius 2 is 1.72 bits per heavy atom. The van der Waals surface area contributed by atoms with Gasteiger partial charge in [0.2, 0.25) is 5.78 Å². The summed E-state index contributed by atoms with van der Waals surface area (Å²) >= 11 is 3.42. The normalized spacial score (nSPS) is 12.0. The van der Waals surface area contributed by atoms with Crippen LogP contribution in [0.25, 0.3) is 11.0 Å². The Morgan fingerprint density at radius 3 is 2.42 bits per heavy atom. The summed E-state index contributed by atoms with van der Waals surface area (Å²) in [5.74, 6) is 0.813. The fraction of sp³-hybridized carbons (Fsp3) is 0.241. The number of nitrogens with one attached hydrogen (secondary N) is 1. The molecule has 0 radical (unpaired) electrons. The van der Waals surface area contributed by atoms with Crippen molar-refractivity contribution in [3.63, 3.8) is 0 Å². The molecule has 0 spiro atoms. The summed E-state index contributed by atoms with van der Waals surface area (Å²) < 4.78 is 17.9. The van der Waals surface area contributed by atoms with Crippen LogP contribution in [0.4, 0.5) is 5.69 Å². The smallest absolute Gasteiger partial charge is 0.265 e. The average Bonchev–Trinajstić information content (AvgIpc) is 3.21. The highest BCUT2D eigenvalue weighted by molar-refractivity contribution is 9.10. The number of ketones is 1. The van der Waals surface area contributed by atoms with Gasteiger partial charge in [0.15, 0.2) is 11.9 Å². The van der Waals surface area contributed by atoms with Gasteiger partial charge >= 0.3 is 0 Å². The summed E-state index contributed by atoms with van der Waals surface area (Å²) in [4.78, 5) is 26.7. The van der Waals surface area contributed by atoms with Crippen molar-refractivity contribution in [2.24, 2.45) is 0 Å².